The van der Waals surface area contributed by atoms with Gasteiger partial charge in [-0.15, -0.1) is 19.0 Å². The summed E-state index contributed by atoms with van der Waals surface area (Å²) < 4.78 is 0. The first-order valence-corrected chi connectivity index (χ1v) is 8.02. The van der Waals surface area contributed by atoms with Crippen LogP contribution >= 0.6 is 35.6 Å². The molecule has 0 saturated heterocycles. The quantitative estimate of drug-likeness (QED) is 0.556. The van der Waals surface area contributed by atoms with Gasteiger partial charge in [0.1, 0.15) is 0 Å². The Morgan fingerprint density at radius 3 is 2.48 bits per heavy atom. The molecule has 0 aromatic heterocycles. The van der Waals surface area contributed by atoms with Gasteiger partial charge in [-0.1, -0.05) is 48.5 Å². The van der Waals surface area contributed by atoms with E-state index in [-0.39, 0.29) is 12.4 Å². The van der Waals surface area contributed by atoms with Gasteiger partial charge in [-0.2, -0.15) is 0 Å². The summed E-state index contributed by atoms with van der Waals surface area (Å²) in [5.41, 5.74) is 1.04. The van der Waals surface area contributed by atoms with E-state index in [0.29, 0.717) is 22.1 Å². The van der Waals surface area contributed by atoms with Crippen LogP contribution in [0, 0.1) is 0 Å². The standard InChI is InChI=1S/C16H22Cl2N2.ClH/c1-2-10-19-15-6-4-3-5-7-16(15)20-12-8-9-13(17)14(18)11-12;/h2,8-9,11,15-16,19-20H,1,3-7,10H2;1H. The molecule has 0 spiro atoms. The Bertz CT molecular complexity index is 451. The SMILES string of the molecule is C=CCNC1CCCCCC1Nc1ccc(Cl)c(Cl)c1.Cl. The molecule has 0 bridgehead atoms. The molecular formula is C16H23Cl3N2. The lowest BCUT2D eigenvalue weighted by Crippen LogP contribution is -2.43. The molecule has 2 atom stereocenters. The molecular weight excluding hydrogens is 327 g/mol. The summed E-state index contributed by atoms with van der Waals surface area (Å²) in [4.78, 5) is 0. The van der Waals surface area contributed by atoms with Gasteiger partial charge in [0.15, 0.2) is 0 Å². The fourth-order valence-corrected chi connectivity index (χ4v) is 3.06. The second kappa shape index (κ2) is 9.58. The van der Waals surface area contributed by atoms with Crippen molar-refractivity contribution in [3.63, 3.8) is 0 Å². The Kier molecular flexibility index (Phi) is 8.50. The van der Waals surface area contributed by atoms with Gasteiger partial charge >= 0.3 is 0 Å². The summed E-state index contributed by atoms with van der Waals surface area (Å²) in [6.45, 7) is 4.64. The number of nitrogens with one attached hydrogen (secondary N) is 2. The summed E-state index contributed by atoms with van der Waals surface area (Å²) >= 11 is 12.0. The third-order valence-electron chi connectivity index (χ3n) is 3.81. The van der Waals surface area contributed by atoms with Crippen LogP contribution < -0.4 is 10.6 Å². The molecule has 0 heterocycles. The first-order valence-electron chi connectivity index (χ1n) is 7.26. The summed E-state index contributed by atoms with van der Waals surface area (Å²) in [7, 11) is 0. The van der Waals surface area contributed by atoms with Gasteiger partial charge in [-0.05, 0) is 31.0 Å². The highest BCUT2D eigenvalue weighted by Gasteiger charge is 2.22. The van der Waals surface area contributed by atoms with Crippen LogP contribution in [-0.4, -0.2) is 18.6 Å². The number of hydrogen-bond acceptors (Lipinski definition) is 2. The Hall–Kier alpha value is -0.410. The highest BCUT2D eigenvalue weighted by atomic mass is 35.5. The molecule has 2 nitrogen and oxygen atoms in total. The topological polar surface area (TPSA) is 24.1 Å². The Balaban J connectivity index is 0.00000220. The maximum absolute atomic E-state index is 6.08. The zero-order valence-corrected chi connectivity index (χ0v) is 14.4. The van der Waals surface area contributed by atoms with Crippen LogP contribution in [-0.2, 0) is 0 Å². The third-order valence-corrected chi connectivity index (χ3v) is 4.55. The highest BCUT2D eigenvalue weighted by Crippen LogP contribution is 2.27. The van der Waals surface area contributed by atoms with Crippen molar-refractivity contribution in [1.82, 2.24) is 5.32 Å². The van der Waals surface area contributed by atoms with Gasteiger partial charge in [0.2, 0.25) is 0 Å². The van der Waals surface area contributed by atoms with Crippen molar-refractivity contribution in [2.24, 2.45) is 0 Å². The van der Waals surface area contributed by atoms with Crippen LogP contribution in [0.5, 0.6) is 0 Å². The first kappa shape index (κ1) is 18.6. The van der Waals surface area contributed by atoms with E-state index >= 15 is 0 Å². The zero-order chi connectivity index (χ0) is 14.4. The predicted octanol–water partition coefficient (Wildman–Crippen LogP) is 5.30. The Labute approximate surface area is 143 Å². The van der Waals surface area contributed by atoms with E-state index in [0.717, 1.165) is 12.2 Å². The average molecular weight is 350 g/mol. The van der Waals surface area contributed by atoms with Crippen LogP contribution in [0.15, 0.2) is 30.9 Å². The second-order valence-electron chi connectivity index (χ2n) is 5.32. The normalized spacial score (nSPS) is 22.0. The van der Waals surface area contributed by atoms with Crippen molar-refractivity contribution in [2.45, 2.75) is 44.2 Å². The molecule has 1 aliphatic rings. The molecule has 0 radical (unpaired) electrons. The highest BCUT2D eigenvalue weighted by molar-refractivity contribution is 6.42. The van der Waals surface area contributed by atoms with E-state index in [4.69, 9.17) is 23.2 Å². The molecule has 1 aromatic carbocycles. The van der Waals surface area contributed by atoms with Crippen molar-refractivity contribution in [2.75, 3.05) is 11.9 Å². The van der Waals surface area contributed by atoms with Crippen molar-refractivity contribution in [1.29, 1.82) is 0 Å². The predicted molar refractivity (Wildman–Crippen MR) is 96.2 cm³/mol. The van der Waals surface area contributed by atoms with E-state index in [1.807, 2.05) is 24.3 Å². The van der Waals surface area contributed by atoms with Crippen molar-refractivity contribution >= 4 is 41.3 Å². The molecule has 2 N–H and O–H groups in total. The lowest BCUT2D eigenvalue weighted by atomic mass is 10.0. The van der Waals surface area contributed by atoms with E-state index in [1.165, 1.54) is 32.1 Å². The number of hydrogen-bond donors (Lipinski definition) is 2. The number of anilines is 1. The molecule has 1 aromatic rings. The minimum atomic E-state index is 0. The van der Waals surface area contributed by atoms with E-state index in [9.17, 15) is 0 Å². The summed E-state index contributed by atoms with van der Waals surface area (Å²) in [6, 6.07) is 6.64. The summed E-state index contributed by atoms with van der Waals surface area (Å²) in [5, 5.41) is 8.37. The second-order valence-corrected chi connectivity index (χ2v) is 6.14. The molecule has 1 aliphatic carbocycles. The molecule has 5 heteroatoms. The van der Waals surface area contributed by atoms with Crippen molar-refractivity contribution < 1.29 is 0 Å². The fourth-order valence-electron chi connectivity index (χ4n) is 2.76. The first-order chi connectivity index (χ1) is 9.70. The van der Waals surface area contributed by atoms with Crippen molar-refractivity contribution in [3.8, 4) is 0 Å². The van der Waals surface area contributed by atoms with Gasteiger partial charge in [0.05, 0.1) is 10.0 Å². The average Bonchev–Trinajstić information content (AvgIpc) is 2.66. The van der Waals surface area contributed by atoms with Crippen LogP contribution in [0.2, 0.25) is 10.0 Å². The third kappa shape index (κ3) is 5.71. The maximum Gasteiger partial charge on any atom is 0.0612 e. The van der Waals surface area contributed by atoms with Gasteiger partial charge in [0.25, 0.3) is 0 Å². The van der Waals surface area contributed by atoms with Crippen LogP contribution in [0.4, 0.5) is 5.69 Å². The number of benzene rings is 1. The van der Waals surface area contributed by atoms with E-state index in [1.54, 1.807) is 0 Å². The molecule has 0 aliphatic heterocycles. The molecule has 1 fully saturated rings. The lowest BCUT2D eigenvalue weighted by Gasteiger charge is -2.28. The molecule has 0 amide bonds. The van der Waals surface area contributed by atoms with E-state index < -0.39 is 0 Å². The van der Waals surface area contributed by atoms with E-state index in [2.05, 4.69) is 17.2 Å². The monoisotopic (exact) mass is 348 g/mol. The maximum atomic E-state index is 6.08. The van der Waals surface area contributed by atoms with Gasteiger partial charge < -0.3 is 10.6 Å². The van der Waals surface area contributed by atoms with Crippen LogP contribution in [0.1, 0.15) is 32.1 Å². The van der Waals surface area contributed by atoms with Gasteiger partial charge in [-0.25, -0.2) is 0 Å². The van der Waals surface area contributed by atoms with Crippen LogP contribution in [0.25, 0.3) is 0 Å². The number of halogens is 3. The Morgan fingerprint density at radius 1 is 1.10 bits per heavy atom. The van der Waals surface area contributed by atoms with Gasteiger partial charge in [-0.3, -0.25) is 0 Å². The van der Waals surface area contributed by atoms with Crippen LogP contribution in [0.3, 0.4) is 0 Å². The minimum absolute atomic E-state index is 0. The van der Waals surface area contributed by atoms with Crippen molar-refractivity contribution in [3.05, 3.63) is 40.9 Å². The molecule has 1 saturated carbocycles. The molecule has 118 valence electrons. The smallest absolute Gasteiger partial charge is 0.0612 e. The summed E-state index contributed by atoms with van der Waals surface area (Å²) in [6.07, 6.45) is 8.16. The molecule has 21 heavy (non-hydrogen) atoms. The Morgan fingerprint density at radius 2 is 1.81 bits per heavy atom. The zero-order valence-electron chi connectivity index (χ0n) is 12.1. The number of rotatable bonds is 5. The fraction of sp³-hybridized carbons (Fsp3) is 0.500. The largest absolute Gasteiger partial charge is 0.381 e. The minimum Gasteiger partial charge on any atom is -0.381 e. The lowest BCUT2D eigenvalue weighted by molar-refractivity contribution is 0.444. The summed E-state index contributed by atoms with van der Waals surface area (Å²) in [5.74, 6) is 0. The van der Waals surface area contributed by atoms with Gasteiger partial charge in [0, 0.05) is 24.3 Å². The molecule has 2 rings (SSSR count). The molecule has 2 unspecified atom stereocenters.